The number of aryl methyl sites for hydroxylation is 12. The van der Waals surface area contributed by atoms with Crippen LogP contribution in [0.3, 0.4) is 0 Å². The van der Waals surface area contributed by atoms with Gasteiger partial charge in [-0.15, -0.1) is 0 Å². The molecular weight excluding hydrogens is 2300 g/mol. The third-order valence-electron chi connectivity index (χ3n) is 26.0. The van der Waals surface area contributed by atoms with Crippen LogP contribution in [0.25, 0.3) is 66.4 Å². The molecular formula is C129H158Br8N8. The first-order chi connectivity index (χ1) is 69.1. The molecule has 5 aliphatic rings. The Kier molecular flexibility index (Phi) is 48.9. The molecule has 0 atom stereocenters. The van der Waals surface area contributed by atoms with Crippen molar-refractivity contribution in [3.8, 4) is 55.6 Å². The highest BCUT2D eigenvalue weighted by Gasteiger charge is 2.47. The molecule has 0 spiro atoms. The van der Waals surface area contributed by atoms with E-state index in [9.17, 15) is 0 Å². The van der Waals surface area contributed by atoms with Crippen LogP contribution in [0.1, 0.15) is 151 Å². The van der Waals surface area contributed by atoms with Crippen molar-refractivity contribution < 1.29 is 0 Å². The lowest BCUT2D eigenvalue weighted by Crippen LogP contribution is -2.34. The summed E-state index contributed by atoms with van der Waals surface area (Å²) in [5.74, 6) is 11.2. The van der Waals surface area contributed by atoms with Crippen LogP contribution in [0.15, 0.2) is 284 Å². The Balaban J connectivity index is 0.000000230. The number of fused-ring (bicyclic) bond motifs is 16. The number of nitrogens with zero attached hydrogens (tertiary/aromatic N) is 8. The van der Waals surface area contributed by atoms with Gasteiger partial charge in [0.05, 0.1) is 11.5 Å². The summed E-state index contributed by atoms with van der Waals surface area (Å²) in [4.78, 5) is 17.2. The number of rotatable bonds is 9. The minimum Gasteiger partial charge on any atom is -0.378 e. The van der Waals surface area contributed by atoms with Crippen LogP contribution in [0, 0.1) is 83.1 Å². The van der Waals surface area contributed by atoms with E-state index in [0.29, 0.717) is 12.0 Å². The van der Waals surface area contributed by atoms with Crippen molar-refractivity contribution in [1.82, 2.24) is 19.6 Å². The van der Waals surface area contributed by atoms with Crippen LogP contribution in [0.4, 0.5) is 22.7 Å². The zero-order chi connectivity index (χ0) is 108. The van der Waals surface area contributed by atoms with Gasteiger partial charge in [-0.25, -0.2) is 0 Å². The number of anilines is 4. The van der Waals surface area contributed by atoms with E-state index in [0.717, 1.165) is 10.9 Å². The van der Waals surface area contributed by atoms with Crippen LogP contribution >= 0.6 is 127 Å². The minimum atomic E-state index is -0.339. The van der Waals surface area contributed by atoms with Crippen LogP contribution in [0.2, 0.25) is 0 Å². The molecule has 0 N–H and O–H groups in total. The Morgan fingerprint density at radius 2 is 0.572 bits per heavy atom. The molecule has 0 amide bonds. The Labute approximate surface area is 942 Å². The third kappa shape index (κ3) is 29.4. The van der Waals surface area contributed by atoms with Crippen molar-refractivity contribution in [2.24, 2.45) is 0 Å². The van der Waals surface area contributed by atoms with Crippen molar-refractivity contribution in [2.75, 3.05) is 181 Å². The average Bonchev–Trinajstić information content (AvgIpc) is 1.53. The molecule has 145 heavy (non-hydrogen) atoms. The molecule has 15 aromatic carbocycles. The van der Waals surface area contributed by atoms with E-state index in [-0.39, 0.29) is 9.86 Å². The molecule has 0 aromatic heterocycles. The number of hydrogen-bond donors (Lipinski definition) is 0. The van der Waals surface area contributed by atoms with Gasteiger partial charge in [-0.1, -0.05) is 420 Å². The zero-order valence-corrected chi connectivity index (χ0v) is 106. The highest BCUT2D eigenvalue weighted by atomic mass is 79.9. The number of halogens is 8. The van der Waals surface area contributed by atoms with E-state index in [1.807, 2.05) is 87.1 Å². The third-order valence-corrected chi connectivity index (χ3v) is 28.1. The molecule has 0 saturated heterocycles. The van der Waals surface area contributed by atoms with Gasteiger partial charge in [0.15, 0.2) is 0 Å². The van der Waals surface area contributed by atoms with Crippen LogP contribution < -0.4 is 19.6 Å². The standard InChI is InChI=1S/C29H26BrN.C23H23N.C17H18BrN.2C17H19N.C14H17N.2C3H9N.6CH3Br/c1-19-5-15-25-26-16-6-20(2)18-28(26)29(27(25)17-19,21-7-11-23(30)12-8-21)22-9-13-24(14-10-22)31(3)4;1-15-5-11-19-20-12-6-16(2)14-22(20)23(21(19)13-15)17-7-9-18(10-8-17)24(3)4;1-11-5-7-13-14-8-6-12(2)10-16(14)17(18,19(3)4)15(13)9-11;1-11-5-7-13-14-8-6-12(2)10-16(14)17(18(3)4)15(13)9-11;1-11-5-6-15-13(7-11)9-14-8-12(2)17(18(3)4)10-16(14)15;1-10-5-8-13-12(9-10)7-6-11(2)14(13)15(3)4;2*1-4(2)3;6*1-2/h5-18H,1-4H3;5-14,23H,1-4H3;5-10H,1-4H3;5-10,17H,1-4H3;5-8,10H,9H2,1-4H3;5-9H,1-4H3;2*1-3H3;6*1H3. The fourth-order valence-electron chi connectivity index (χ4n) is 20.0. The molecule has 15 aromatic rings. The predicted octanol–water partition coefficient (Wildman–Crippen LogP) is 35.3. The first-order valence-electron chi connectivity index (χ1n) is 48.9. The van der Waals surface area contributed by atoms with Gasteiger partial charge in [0.25, 0.3) is 0 Å². The Bertz CT molecular complexity index is 6520. The Morgan fingerprint density at radius 3 is 0.938 bits per heavy atom. The predicted molar refractivity (Wildman–Crippen MR) is 675 cm³/mol. The van der Waals surface area contributed by atoms with Gasteiger partial charge >= 0.3 is 0 Å². The molecule has 8 nitrogen and oxygen atoms in total. The first-order valence-corrected chi connectivity index (χ1v) is 60.0. The number of benzene rings is 15. The second-order valence-electron chi connectivity index (χ2n) is 39.6. The largest absolute Gasteiger partial charge is 0.378 e. The molecule has 0 bridgehead atoms. The van der Waals surface area contributed by atoms with E-state index in [4.69, 9.17) is 0 Å². The summed E-state index contributed by atoms with van der Waals surface area (Å²) < 4.78 is 0.886. The molecule has 5 aliphatic carbocycles. The highest BCUT2D eigenvalue weighted by molar-refractivity contribution is 9.10. The van der Waals surface area contributed by atoms with Crippen LogP contribution in [0.5, 0.6) is 0 Å². The van der Waals surface area contributed by atoms with E-state index in [2.05, 4.69) is 604 Å². The highest BCUT2D eigenvalue weighted by Crippen LogP contribution is 2.59. The quantitative estimate of drug-likeness (QED) is 0.104. The summed E-state index contributed by atoms with van der Waals surface area (Å²) in [6, 6.07) is 104. The lowest BCUT2D eigenvalue weighted by Gasteiger charge is -2.34. The van der Waals surface area contributed by atoms with Gasteiger partial charge in [0.1, 0.15) is 4.45 Å². The monoisotopic (exact) mass is 2450 g/mol. The summed E-state index contributed by atoms with van der Waals surface area (Å²) in [5, 5.41) is 2.66. The molecule has 0 heterocycles. The lowest BCUT2D eigenvalue weighted by atomic mass is 9.67. The topological polar surface area (TPSA) is 25.9 Å². The summed E-state index contributed by atoms with van der Waals surface area (Å²) in [6.07, 6.45) is 1.08. The van der Waals surface area contributed by atoms with E-state index < -0.39 is 0 Å². The van der Waals surface area contributed by atoms with E-state index in [1.54, 1.807) is 0 Å². The first kappa shape index (κ1) is 123. The maximum Gasteiger partial charge on any atom is 0.129 e. The zero-order valence-electron chi connectivity index (χ0n) is 93.0. The average molecular weight is 2460 g/mol. The maximum atomic E-state index is 4.00. The molecule has 20 rings (SSSR count). The van der Waals surface area contributed by atoms with Gasteiger partial charge in [0.2, 0.25) is 0 Å². The van der Waals surface area contributed by atoms with Gasteiger partial charge in [-0.3, -0.25) is 9.80 Å². The SMILES string of the molecule is CBr.CBr.CBr.CBr.CBr.CBr.CN(C)C.CN(C)C.Cc1ccc2c(N(C)C)c(C)ccc2c1.Cc1ccc2c(c1)C(Br)(N(C)C)c1cc(C)ccc1-2.Cc1ccc2c(c1)C(N(C)C)c1cc(C)ccc1-2.Cc1ccc2c(c1)C(c1ccc(Br)cc1)(c1ccc(N(C)C)cc1)c1cc(C)ccc1-2.Cc1ccc2c(c1)C(c1ccc(N(C)C)cc1)c1cc(C)ccc1-2.Cc1ccc2c(c1)Cc1cc(C)c(N(C)C)cc1-2. The fourth-order valence-corrected chi connectivity index (χ4v) is 20.9. The van der Waals surface area contributed by atoms with Crippen molar-refractivity contribution in [2.45, 2.75) is 111 Å². The molecule has 16 heteroatoms. The van der Waals surface area contributed by atoms with Crippen LogP contribution in [-0.4, -0.2) is 181 Å². The smallest absolute Gasteiger partial charge is 0.129 e. The number of hydrogen-bond acceptors (Lipinski definition) is 8. The molecule has 770 valence electrons. The second kappa shape index (κ2) is 57.4. The summed E-state index contributed by atoms with van der Waals surface area (Å²) in [7, 11) is 37.3. The van der Waals surface area contributed by atoms with Crippen molar-refractivity contribution in [1.29, 1.82) is 0 Å². The molecule has 0 aliphatic heterocycles. The molecule has 0 unspecified atom stereocenters. The van der Waals surface area contributed by atoms with Gasteiger partial charge < -0.3 is 29.4 Å². The second-order valence-corrected chi connectivity index (χ2v) is 41.7. The minimum absolute atomic E-state index is 0.213. The Morgan fingerprint density at radius 1 is 0.262 bits per heavy atom. The van der Waals surface area contributed by atoms with Gasteiger partial charge in [-0.05, 0) is 382 Å². The van der Waals surface area contributed by atoms with Crippen molar-refractivity contribution in [3.05, 3.63) is 423 Å². The van der Waals surface area contributed by atoms with Gasteiger partial charge in [-0.2, -0.15) is 0 Å². The molecule has 0 saturated carbocycles. The summed E-state index contributed by atoms with van der Waals surface area (Å²) >= 11 is 25.3. The Hall–Kier alpha value is -8.56. The number of alkyl halides is 7. The van der Waals surface area contributed by atoms with Crippen molar-refractivity contribution in [3.63, 3.8) is 0 Å². The fraction of sp³-hybridized carbons (Fsp3) is 0.318. The normalized spacial score (nSPS) is 12.1. The molecule has 0 radical (unpaired) electrons. The lowest BCUT2D eigenvalue weighted by molar-refractivity contribution is 0.318. The van der Waals surface area contributed by atoms with E-state index in [1.165, 1.54) is 228 Å². The summed E-state index contributed by atoms with van der Waals surface area (Å²) in [6.45, 7) is 26.0. The summed E-state index contributed by atoms with van der Waals surface area (Å²) in [5.41, 5.74) is 52.5. The van der Waals surface area contributed by atoms with E-state index >= 15 is 0 Å². The van der Waals surface area contributed by atoms with Crippen LogP contribution in [-0.2, 0) is 16.3 Å². The van der Waals surface area contributed by atoms with Crippen molar-refractivity contribution >= 4 is 161 Å². The van der Waals surface area contributed by atoms with Gasteiger partial charge in [0, 0.05) is 94.9 Å². The maximum absolute atomic E-state index is 4.00. The molecule has 0 fully saturated rings.